The summed E-state index contributed by atoms with van der Waals surface area (Å²) in [6.07, 6.45) is 9.29. The maximum absolute atomic E-state index is 4.22. The largest absolute Gasteiger partial charge is 0.356 e. The van der Waals surface area contributed by atoms with Crippen LogP contribution in [0.4, 0.5) is 5.69 Å². The van der Waals surface area contributed by atoms with E-state index in [2.05, 4.69) is 115 Å². The van der Waals surface area contributed by atoms with Gasteiger partial charge in [-0.3, -0.25) is 0 Å². The second kappa shape index (κ2) is 6.70. The molecule has 0 radical (unpaired) electrons. The van der Waals surface area contributed by atoms with E-state index in [0.29, 0.717) is 0 Å². The average Bonchev–Trinajstić information content (AvgIpc) is 3.33. The molecule has 1 heteroatoms. The lowest BCUT2D eigenvalue weighted by atomic mass is 9.70. The number of rotatable bonds is 0. The first-order chi connectivity index (χ1) is 16.3. The summed E-state index contributed by atoms with van der Waals surface area (Å²) in [5.74, 6) is 0. The average molecular weight is 422 g/mol. The number of benzene rings is 4. The van der Waals surface area contributed by atoms with Gasteiger partial charge >= 0.3 is 0 Å². The van der Waals surface area contributed by atoms with E-state index in [1.54, 1.807) is 0 Å². The van der Waals surface area contributed by atoms with Crippen LogP contribution >= 0.6 is 0 Å². The molecule has 1 N–H and O–H groups in total. The molecular formula is C32H23N. The fourth-order valence-corrected chi connectivity index (χ4v) is 6.13. The van der Waals surface area contributed by atoms with Crippen LogP contribution in [0.5, 0.6) is 0 Å². The Bertz CT molecular complexity index is 1490. The normalized spacial score (nSPS) is 18.0. The summed E-state index contributed by atoms with van der Waals surface area (Å²) in [4.78, 5) is 0. The van der Waals surface area contributed by atoms with Gasteiger partial charge in [-0.2, -0.15) is 0 Å². The third kappa shape index (κ3) is 2.37. The Labute approximate surface area is 194 Å². The van der Waals surface area contributed by atoms with Gasteiger partial charge in [0.25, 0.3) is 0 Å². The SMILES string of the molecule is C=C1/C=C\C=C/Cc2cc3c(cc2N1)C1(c2ccccc2-c2ccccc21)c1ccccc1-3. The molecule has 1 nitrogen and oxygen atoms in total. The molecule has 1 heterocycles. The highest BCUT2D eigenvalue weighted by molar-refractivity contribution is 5.96. The zero-order chi connectivity index (χ0) is 22.0. The summed E-state index contributed by atoms with van der Waals surface area (Å²) in [7, 11) is 0. The maximum Gasteiger partial charge on any atom is 0.0726 e. The van der Waals surface area contributed by atoms with Crippen LogP contribution in [0, 0.1) is 0 Å². The van der Waals surface area contributed by atoms with Crippen molar-refractivity contribution in [2.75, 3.05) is 5.32 Å². The molecule has 1 aliphatic heterocycles. The van der Waals surface area contributed by atoms with Gasteiger partial charge in [-0.15, -0.1) is 0 Å². The molecule has 4 aromatic carbocycles. The molecule has 1 spiro atoms. The van der Waals surface area contributed by atoms with Crippen LogP contribution in [0.3, 0.4) is 0 Å². The minimum absolute atomic E-state index is 0.304. The molecule has 0 unspecified atom stereocenters. The summed E-state index contributed by atoms with van der Waals surface area (Å²) in [5.41, 5.74) is 13.9. The van der Waals surface area contributed by atoms with Crippen molar-refractivity contribution in [1.29, 1.82) is 0 Å². The predicted molar refractivity (Wildman–Crippen MR) is 137 cm³/mol. The van der Waals surface area contributed by atoms with Crippen LogP contribution in [0.25, 0.3) is 22.3 Å². The first-order valence-electron chi connectivity index (χ1n) is 11.5. The Morgan fingerprint density at radius 2 is 1.21 bits per heavy atom. The van der Waals surface area contributed by atoms with Crippen molar-refractivity contribution in [1.82, 2.24) is 0 Å². The molecule has 0 aromatic heterocycles. The van der Waals surface area contributed by atoms with Gasteiger partial charge in [0.1, 0.15) is 0 Å². The van der Waals surface area contributed by atoms with Crippen molar-refractivity contribution in [2.45, 2.75) is 11.8 Å². The van der Waals surface area contributed by atoms with Gasteiger partial charge < -0.3 is 5.32 Å². The van der Waals surface area contributed by atoms with E-state index in [4.69, 9.17) is 0 Å². The molecule has 0 bridgehead atoms. The van der Waals surface area contributed by atoms with Gasteiger partial charge in [0, 0.05) is 11.4 Å². The molecule has 0 fully saturated rings. The minimum Gasteiger partial charge on any atom is -0.356 e. The topological polar surface area (TPSA) is 12.0 Å². The highest BCUT2D eigenvalue weighted by atomic mass is 14.9. The zero-order valence-corrected chi connectivity index (χ0v) is 18.3. The minimum atomic E-state index is -0.304. The third-order valence-corrected chi connectivity index (χ3v) is 7.40. The van der Waals surface area contributed by atoms with Gasteiger partial charge in [0.15, 0.2) is 0 Å². The van der Waals surface area contributed by atoms with Gasteiger partial charge in [-0.05, 0) is 74.7 Å². The van der Waals surface area contributed by atoms with E-state index in [-0.39, 0.29) is 5.41 Å². The molecule has 0 amide bonds. The zero-order valence-electron chi connectivity index (χ0n) is 18.3. The monoisotopic (exact) mass is 421 g/mol. The van der Waals surface area contributed by atoms with E-state index in [9.17, 15) is 0 Å². The molecule has 0 saturated heterocycles. The Kier molecular flexibility index (Phi) is 3.75. The fourth-order valence-electron chi connectivity index (χ4n) is 6.13. The van der Waals surface area contributed by atoms with E-state index < -0.39 is 0 Å². The van der Waals surface area contributed by atoms with Crippen LogP contribution in [0.15, 0.2) is 122 Å². The predicted octanol–water partition coefficient (Wildman–Crippen LogP) is 7.62. The lowest BCUT2D eigenvalue weighted by Gasteiger charge is -2.31. The Morgan fingerprint density at radius 3 is 1.85 bits per heavy atom. The number of nitrogens with one attached hydrogen (secondary N) is 1. The molecule has 7 rings (SSSR count). The molecule has 0 saturated carbocycles. The molecule has 4 aromatic rings. The van der Waals surface area contributed by atoms with Gasteiger partial charge in [-0.1, -0.05) is 97.6 Å². The van der Waals surface area contributed by atoms with E-state index in [1.807, 2.05) is 6.08 Å². The second-order valence-corrected chi connectivity index (χ2v) is 9.08. The van der Waals surface area contributed by atoms with Gasteiger partial charge in [0.05, 0.1) is 5.41 Å². The first-order valence-corrected chi connectivity index (χ1v) is 11.5. The first kappa shape index (κ1) is 18.5. The molecular weight excluding hydrogens is 398 g/mol. The molecule has 33 heavy (non-hydrogen) atoms. The lowest BCUT2D eigenvalue weighted by molar-refractivity contribution is 0.793. The number of hydrogen-bond acceptors (Lipinski definition) is 1. The fraction of sp³-hybridized carbons (Fsp3) is 0.0625. The third-order valence-electron chi connectivity index (χ3n) is 7.40. The van der Waals surface area contributed by atoms with Crippen molar-refractivity contribution in [2.24, 2.45) is 0 Å². The smallest absolute Gasteiger partial charge is 0.0726 e. The van der Waals surface area contributed by atoms with Crippen LogP contribution in [-0.4, -0.2) is 0 Å². The number of fused-ring (bicyclic) bond motifs is 11. The molecule has 0 atom stereocenters. The van der Waals surface area contributed by atoms with Crippen molar-refractivity contribution < 1.29 is 0 Å². The highest BCUT2D eigenvalue weighted by Crippen LogP contribution is 2.63. The van der Waals surface area contributed by atoms with E-state index >= 15 is 0 Å². The quantitative estimate of drug-likeness (QED) is 0.266. The summed E-state index contributed by atoms with van der Waals surface area (Å²) in [5, 5.41) is 3.59. The summed E-state index contributed by atoms with van der Waals surface area (Å²) in [6, 6.07) is 31.6. The number of allylic oxidation sites excluding steroid dienone is 4. The Balaban J connectivity index is 1.62. The summed E-state index contributed by atoms with van der Waals surface area (Å²) >= 11 is 0. The van der Waals surface area contributed by atoms with Crippen molar-refractivity contribution in [3.8, 4) is 22.3 Å². The van der Waals surface area contributed by atoms with Crippen LogP contribution < -0.4 is 5.32 Å². The maximum atomic E-state index is 4.22. The van der Waals surface area contributed by atoms with Gasteiger partial charge in [0.2, 0.25) is 0 Å². The molecule has 156 valence electrons. The van der Waals surface area contributed by atoms with E-state index in [1.165, 1.54) is 50.1 Å². The number of hydrogen-bond donors (Lipinski definition) is 1. The number of anilines is 1. The van der Waals surface area contributed by atoms with Crippen LogP contribution in [0.2, 0.25) is 0 Å². The standard InChI is InChI=1S/C32H23N/c1-21-11-3-2-4-12-22-19-26-25-15-7-10-18-29(25)32(30(26)20-31(22)33-21)27-16-8-5-13-23(27)24-14-6-9-17-28(24)32/h2-11,13-20,33H,1,12H2/b4-2-,11-3-. The molecule has 2 aliphatic carbocycles. The second-order valence-electron chi connectivity index (χ2n) is 9.08. The van der Waals surface area contributed by atoms with Crippen molar-refractivity contribution in [3.63, 3.8) is 0 Å². The summed E-state index contributed by atoms with van der Waals surface area (Å²) in [6.45, 7) is 4.22. The van der Waals surface area contributed by atoms with Gasteiger partial charge in [-0.25, -0.2) is 0 Å². The van der Waals surface area contributed by atoms with Crippen LogP contribution in [0.1, 0.15) is 27.8 Å². The lowest BCUT2D eigenvalue weighted by Crippen LogP contribution is -2.26. The van der Waals surface area contributed by atoms with Crippen molar-refractivity contribution in [3.05, 3.63) is 149 Å². The Morgan fingerprint density at radius 1 is 0.636 bits per heavy atom. The van der Waals surface area contributed by atoms with Crippen molar-refractivity contribution >= 4 is 5.69 Å². The highest BCUT2D eigenvalue weighted by Gasteiger charge is 2.51. The van der Waals surface area contributed by atoms with Crippen LogP contribution in [-0.2, 0) is 11.8 Å². The Hall–Kier alpha value is -4.10. The summed E-state index contributed by atoms with van der Waals surface area (Å²) < 4.78 is 0. The van der Waals surface area contributed by atoms with E-state index in [0.717, 1.165) is 17.8 Å². The molecule has 3 aliphatic rings.